The molecule has 0 fully saturated rings. The number of hydrogen-bond donors (Lipinski definition) is 4. The van der Waals surface area contributed by atoms with Crippen LogP contribution in [0.3, 0.4) is 0 Å². The summed E-state index contributed by atoms with van der Waals surface area (Å²) in [6, 6.07) is 11.6. The highest BCUT2D eigenvalue weighted by atomic mass is 32.2. The third kappa shape index (κ3) is 6.10. The number of rotatable bonds is 6. The summed E-state index contributed by atoms with van der Waals surface area (Å²) in [4.78, 5) is 12.1. The molecule has 6 N–H and O–H groups in total. The number of halogens is 3. The van der Waals surface area contributed by atoms with Gasteiger partial charge in [-0.25, -0.2) is 26.8 Å². The van der Waals surface area contributed by atoms with Crippen LogP contribution in [0.5, 0.6) is 0 Å². The first-order chi connectivity index (χ1) is 17.7. The van der Waals surface area contributed by atoms with Gasteiger partial charge in [0.1, 0.15) is 4.90 Å². The number of para-hydroxylation sites is 1. The lowest BCUT2D eigenvalue weighted by Crippen LogP contribution is -2.22. The molecule has 13 nitrogen and oxygen atoms in total. The van der Waals surface area contributed by atoms with E-state index in [1.807, 2.05) is 18.2 Å². The molecule has 2 aromatic carbocycles. The van der Waals surface area contributed by atoms with Crippen molar-refractivity contribution in [3.05, 3.63) is 48.7 Å². The van der Waals surface area contributed by atoms with Crippen LogP contribution in [-0.4, -0.2) is 72.0 Å². The Kier molecular flexibility index (Phi) is 8.10. The molecule has 0 aliphatic heterocycles. The van der Waals surface area contributed by atoms with Gasteiger partial charge >= 0.3 is 12.1 Å². The second-order valence-corrected chi connectivity index (χ2v) is 11.0. The molecular weight excluding hydrogens is 555 g/mol. The van der Waals surface area contributed by atoms with Crippen molar-refractivity contribution in [2.75, 3.05) is 12.3 Å². The summed E-state index contributed by atoms with van der Waals surface area (Å²) in [6.07, 6.45) is -3.52. The highest BCUT2D eigenvalue weighted by Gasteiger charge is 2.38. The number of aromatic nitrogens is 5. The molecule has 4 aromatic rings. The number of nitrogens with zero attached hydrogens (tertiary/aromatic N) is 4. The van der Waals surface area contributed by atoms with Crippen molar-refractivity contribution in [2.24, 2.45) is 10.9 Å². The number of benzene rings is 2. The molecular formula is C20H18F3N7O6S2. The van der Waals surface area contributed by atoms with E-state index in [2.05, 4.69) is 25.6 Å². The number of aliphatic carboxylic acids is 1. The Balaban J connectivity index is 0.000000505. The lowest BCUT2D eigenvalue weighted by Gasteiger charge is -2.17. The lowest BCUT2D eigenvalue weighted by atomic mass is 9.96. The van der Waals surface area contributed by atoms with Crippen molar-refractivity contribution in [1.82, 2.24) is 25.6 Å². The molecule has 2 heterocycles. The van der Waals surface area contributed by atoms with Crippen LogP contribution in [0.1, 0.15) is 0 Å². The minimum absolute atomic E-state index is 0.0781. The first-order valence-corrected chi connectivity index (χ1v) is 13.4. The van der Waals surface area contributed by atoms with Crippen LogP contribution in [0.25, 0.3) is 33.4 Å². The van der Waals surface area contributed by atoms with E-state index < -0.39 is 47.5 Å². The number of nitrogens with one attached hydrogen (secondary N) is 1. The predicted octanol–water partition coefficient (Wildman–Crippen LogP) is 1.10. The SMILES string of the molecule is NCCS(=O)(=O)c1ccc(-c2ccnc3ccccc23)c(-c2nn[nH]n2)c1S(N)(=O)=O.O=C(O)C(F)(F)F. The van der Waals surface area contributed by atoms with Crippen LogP contribution >= 0.6 is 0 Å². The number of alkyl halides is 3. The fourth-order valence-electron chi connectivity index (χ4n) is 3.40. The smallest absolute Gasteiger partial charge is 0.475 e. The van der Waals surface area contributed by atoms with Gasteiger partial charge in [0.2, 0.25) is 15.8 Å². The highest BCUT2D eigenvalue weighted by molar-refractivity contribution is 7.93. The number of H-pyrrole nitrogens is 1. The van der Waals surface area contributed by atoms with Gasteiger partial charge in [-0.2, -0.15) is 18.4 Å². The van der Waals surface area contributed by atoms with Gasteiger partial charge in [0, 0.05) is 18.1 Å². The fraction of sp³-hybridized carbons (Fsp3) is 0.150. The van der Waals surface area contributed by atoms with Crippen LogP contribution < -0.4 is 10.9 Å². The van der Waals surface area contributed by atoms with E-state index in [1.54, 1.807) is 18.3 Å². The maximum Gasteiger partial charge on any atom is 0.490 e. The van der Waals surface area contributed by atoms with Crippen LogP contribution in [0, 0.1) is 0 Å². The number of nitrogens with two attached hydrogens (primary N) is 2. The molecule has 0 unspecified atom stereocenters. The molecule has 0 saturated heterocycles. The highest BCUT2D eigenvalue weighted by Crippen LogP contribution is 2.40. The summed E-state index contributed by atoms with van der Waals surface area (Å²) in [5.74, 6) is -3.34. The van der Waals surface area contributed by atoms with E-state index in [1.165, 1.54) is 12.1 Å². The van der Waals surface area contributed by atoms with E-state index in [0.29, 0.717) is 22.0 Å². The van der Waals surface area contributed by atoms with Gasteiger partial charge in [0.15, 0.2) is 9.84 Å². The molecule has 202 valence electrons. The minimum Gasteiger partial charge on any atom is -0.475 e. The Bertz CT molecular complexity index is 1690. The number of tetrazole rings is 1. The Labute approximate surface area is 212 Å². The monoisotopic (exact) mass is 573 g/mol. The van der Waals surface area contributed by atoms with Crippen LogP contribution in [0.2, 0.25) is 0 Å². The molecule has 0 radical (unpaired) electrons. The molecule has 0 amide bonds. The Morgan fingerprint density at radius 3 is 2.24 bits per heavy atom. The summed E-state index contributed by atoms with van der Waals surface area (Å²) in [7, 11) is -8.59. The van der Waals surface area contributed by atoms with Gasteiger partial charge in [-0.05, 0) is 34.5 Å². The van der Waals surface area contributed by atoms with Crippen LogP contribution in [0.4, 0.5) is 13.2 Å². The van der Waals surface area contributed by atoms with Crippen molar-refractivity contribution in [1.29, 1.82) is 0 Å². The summed E-state index contributed by atoms with van der Waals surface area (Å²) in [5, 5.41) is 26.9. The molecule has 0 aliphatic carbocycles. The van der Waals surface area contributed by atoms with Gasteiger partial charge < -0.3 is 10.8 Å². The second-order valence-electron chi connectivity index (χ2n) is 7.38. The van der Waals surface area contributed by atoms with E-state index in [-0.39, 0.29) is 17.9 Å². The Morgan fingerprint density at radius 2 is 1.68 bits per heavy atom. The number of primary sulfonamides is 1. The second kappa shape index (κ2) is 10.8. The summed E-state index contributed by atoms with van der Waals surface area (Å²) < 4.78 is 82.7. The molecule has 0 bridgehead atoms. The molecule has 38 heavy (non-hydrogen) atoms. The quantitative estimate of drug-likeness (QED) is 0.255. The van der Waals surface area contributed by atoms with Crippen LogP contribution in [-0.2, 0) is 24.7 Å². The van der Waals surface area contributed by atoms with E-state index in [9.17, 15) is 30.0 Å². The maximum absolute atomic E-state index is 12.8. The number of carbonyl (C=O) groups is 1. The number of sulfone groups is 1. The fourth-order valence-corrected chi connectivity index (χ4v) is 6.15. The number of pyridine rings is 1. The Morgan fingerprint density at radius 1 is 1.03 bits per heavy atom. The summed E-state index contributed by atoms with van der Waals surface area (Å²) in [5.41, 5.74) is 6.96. The van der Waals surface area contributed by atoms with Gasteiger partial charge in [-0.15, -0.1) is 10.2 Å². The molecule has 0 atom stereocenters. The van der Waals surface area contributed by atoms with Crippen molar-refractivity contribution in [3.63, 3.8) is 0 Å². The minimum atomic E-state index is -5.08. The third-order valence-electron chi connectivity index (χ3n) is 4.88. The van der Waals surface area contributed by atoms with Crippen molar-refractivity contribution in [2.45, 2.75) is 16.0 Å². The van der Waals surface area contributed by atoms with Crippen molar-refractivity contribution >= 4 is 36.7 Å². The van der Waals surface area contributed by atoms with Crippen molar-refractivity contribution in [3.8, 4) is 22.5 Å². The van der Waals surface area contributed by atoms with Gasteiger partial charge in [-0.1, -0.05) is 24.3 Å². The Hall–Kier alpha value is -4.00. The van der Waals surface area contributed by atoms with Crippen LogP contribution in [0.15, 0.2) is 58.5 Å². The first-order valence-electron chi connectivity index (χ1n) is 10.2. The molecule has 2 aromatic heterocycles. The zero-order valence-corrected chi connectivity index (χ0v) is 20.5. The largest absolute Gasteiger partial charge is 0.490 e. The average Bonchev–Trinajstić information content (AvgIpc) is 3.37. The topological polar surface area (TPSA) is 225 Å². The van der Waals surface area contributed by atoms with Crippen molar-refractivity contribution < 1.29 is 39.9 Å². The van der Waals surface area contributed by atoms with Gasteiger partial charge in [0.05, 0.1) is 21.7 Å². The van der Waals surface area contributed by atoms with E-state index >= 15 is 0 Å². The van der Waals surface area contributed by atoms with E-state index in [0.717, 1.165) is 0 Å². The van der Waals surface area contributed by atoms with Gasteiger partial charge in [0.25, 0.3) is 0 Å². The molecule has 4 rings (SSSR count). The normalized spacial score (nSPS) is 12.1. The van der Waals surface area contributed by atoms with E-state index in [4.69, 9.17) is 20.8 Å². The molecule has 0 aliphatic rings. The number of carboxylic acids is 1. The molecule has 0 spiro atoms. The summed E-state index contributed by atoms with van der Waals surface area (Å²) in [6.45, 7) is -0.194. The number of aromatic amines is 1. The number of fused-ring (bicyclic) bond motifs is 1. The maximum atomic E-state index is 12.8. The molecule has 18 heteroatoms. The predicted molar refractivity (Wildman–Crippen MR) is 127 cm³/mol. The number of hydrogen-bond acceptors (Lipinski definition) is 10. The zero-order chi connectivity index (χ0) is 28.3. The lowest BCUT2D eigenvalue weighted by molar-refractivity contribution is -0.192. The number of sulfonamides is 1. The zero-order valence-electron chi connectivity index (χ0n) is 18.9. The van der Waals surface area contributed by atoms with Gasteiger partial charge in [-0.3, -0.25) is 4.98 Å². The summed E-state index contributed by atoms with van der Waals surface area (Å²) >= 11 is 0. The third-order valence-corrected chi connectivity index (χ3v) is 7.78. The average molecular weight is 574 g/mol. The molecule has 0 saturated carbocycles. The standard InChI is InChI=1S/C18H17N7O4S2.C2HF3O2/c19-8-10-30(26,27)15-6-5-13(11-7-9-21-14-4-2-1-3-12(11)14)16(17(15)31(20,28)29)18-22-24-25-23-18;3-2(4,5)1(6)7/h1-7,9H,8,10,19H2,(H2,20,28,29)(H,22,23,24,25);(H,6,7). The number of carboxylic acid groups (broad SMARTS) is 1. The first kappa shape index (κ1) is 28.6.